The summed E-state index contributed by atoms with van der Waals surface area (Å²) in [5, 5.41) is 5.87. The Bertz CT molecular complexity index is 448. The summed E-state index contributed by atoms with van der Waals surface area (Å²) in [4.78, 5) is 18.8. The molecule has 1 saturated heterocycles. The average Bonchev–Trinajstić information content (AvgIpc) is 2.56. The fourth-order valence-corrected chi connectivity index (χ4v) is 3.01. The van der Waals surface area contributed by atoms with Gasteiger partial charge in [-0.1, -0.05) is 13.3 Å². The number of aliphatic imine (C=N–C) groups is 1. The van der Waals surface area contributed by atoms with Gasteiger partial charge in [-0.3, -0.25) is 14.7 Å². The molecule has 26 heavy (non-hydrogen) atoms. The molecule has 1 aliphatic rings. The van der Waals surface area contributed by atoms with Gasteiger partial charge in [0.1, 0.15) is 6.54 Å². The zero-order valence-electron chi connectivity index (χ0n) is 15.7. The predicted octanol–water partition coefficient (Wildman–Crippen LogP) is 2.05. The number of alkyl halides is 3. The van der Waals surface area contributed by atoms with Crippen molar-refractivity contribution in [2.45, 2.75) is 44.8 Å². The summed E-state index contributed by atoms with van der Waals surface area (Å²) < 4.78 is 36.8. The molecular weight excluding hydrogens is 462 g/mol. The van der Waals surface area contributed by atoms with Crippen LogP contribution in [0.4, 0.5) is 13.2 Å². The zero-order chi connectivity index (χ0) is 18.9. The van der Waals surface area contributed by atoms with Gasteiger partial charge >= 0.3 is 6.18 Å². The van der Waals surface area contributed by atoms with Gasteiger partial charge in [-0.15, -0.1) is 24.0 Å². The largest absolute Gasteiger partial charge is 0.406 e. The Balaban J connectivity index is 0.00000625. The lowest BCUT2D eigenvalue weighted by Gasteiger charge is -2.35. The van der Waals surface area contributed by atoms with Crippen LogP contribution in [0.15, 0.2) is 4.99 Å². The monoisotopic (exact) mass is 493 g/mol. The zero-order valence-corrected chi connectivity index (χ0v) is 18.1. The number of carbonyl (C=O) groups is 1. The number of carbonyl (C=O) groups excluding carboxylic acids is 1. The number of nitrogens with one attached hydrogen (secondary N) is 2. The highest BCUT2D eigenvalue weighted by atomic mass is 127. The first-order chi connectivity index (χ1) is 11.8. The van der Waals surface area contributed by atoms with E-state index >= 15 is 0 Å². The maximum absolute atomic E-state index is 12.3. The average molecular weight is 493 g/mol. The summed E-state index contributed by atoms with van der Waals surface area (Å²) in [7, 11) is 2.70. The normalized spacial score (nSPS) is 18.8. The van der Waals surface area contributed by atoms with E-state index in [2.05, 4.69) is 27.4 Å². The fraction of sp³-hybridized carbons (Fsp3) is 0.875. The molecule has 0 aromatic carbocycles. The van der Waals surface area contributed by atoms with E-state index in [1.807, 2.05) is 0 Å². The fourth-order valence-electron chi connectivity index (χ4n) is 3.01. The number of amides is 1. The molecule has 1 aliphatic heterocycles. The molecule has 0 saturated carbocycles. The van der Waals surface area contributed by atoms with Crippen molar-refractivity contribution in [3.8, 4) is 0 Å². The van der Waals surface area contributed by atoms with Crippen molar-refractivity contribution in [1.82, 2.24) is 20.4 Å². The molecule has 6 nitrogen and oxygen atoms in total. The minimum absolute atomic E-state index is 0. The van der Waals surface area contributed by atoms with Crippen LogP contribution in [0.2, 0.25) is 0 Å². The van der Waals surface area contributed by atoms with Crippen LogP contribution in [-0.2, 0) is 4.79 Å². The van der Waals surface area contributed by atoms with Crippen LogP contribution in [0.3, 0.4) is 0 Å². The lowest BCUT2D eigenvalue weighted by atomic mass is 10.0. The standard InChI is InChI=1S/C16H30F3N5O.HI/c1-4-13-7-5-6-9-24(13)10-8-21-15(20-2)22-11-14(25)23(3)12-16(17,18)19;/h13H,4-12H2,1-3H3,(H2,20,21,22);1H. The number of piperidine rings is 1. The molecule has 0 spiro atoms. The van der Waals surface area contributed by atoms with E-state index in [-0.39, 0.29) is 30.5 Å². The molecule has 0 aromatic heterocycles. The van der Waals surface area contributed by atoms with Crippen LogP contribution in [-0.4, -0.2) is 80.7 Å². The van der Waals surface area contributed by atoms with Crippen molar-refractivity contribution >= 4 is 35.8 Å². The van der Waals surface area contributed by atoms with Gasteiger partial charge in [0.05, 0.1) is 6.54 Å². The van der Waals surface area contributed by atoms with Crippen molar-refractivity contribution in [2.75, 3.05) is 46.8 Å². The third-order valence-electron chi connectivity index (χ3n) is 4.38. The van der Waals surface area contributed by atoms with Gasteiger partial charge in [0.15, 0.2) is 5.96 Å². The van der Waals surface area contributed by atoms with Crippen LogP contribution in [0, 0.1) is 0 Å². The number of likely N-dealkylation sites (N-methyl/N-ethyl adjacent to an activating group) is 1. The van der Waals surface area contributed by atoms with Crippen LogP contribution in [0.1, 0.15) is 32.6 Å². The van der Waals surface area contributed by atoms with E-state index in [0.29, 0.717) is 23.4 Å². The number of rotatable bonds is 7. The third-order valence-corrected chi connectivity index (χ3v) is 4.38. The van der Waals surface area contributed by atoms with E-state index in [0.717, 1.165) is 26.6 Å². The van der Waals surface area contributed by atoms with Crippen molar-refractivity contribution in [1.29, 1.82) is 0 Å². The van der Waals surface area contributed by atoms with Crippen LogP contribution < -0.4 is 10.6 Å². The minimum Gasteiger partial charge on any atom is -0.355 e. The Labute approximate surface area is 171 Å². The van der Waals surface area contributed by atoms with Gasteiger partial charge in [-0.2, -0.15) is 13.2 Å². The van der Waals surface area contributed by atoms with Gasteiger partial charge in [0.25, 0.3) is 0 Å². The molecule has 1 unspecified atom stereocenters. The Morgan fingerprint density at radius 2 is 2.00 bits per heavy atom. The molecule has 1 heterocycles. The van der Waals surface area contributed by atoms with Crippen molar-refractivity contribution in [3.63, 3.8) is 0 Å². The first-order valence-electron chi connectivity index (χ1n) is 8.76. The maximum atomic E-state index is 12.3. The molecule has 1 atom stereocenters. The molecule has 0 bridgehead atoms. The second-order valence-corrected chi connectivity index (χ2v) is 6.31. The maximum Gasteiger partial charge on any atom is 0.406 e. The Hall–Kier alpha value is -0.780. The van der Waals surface area contributed by atoms with E-state index in [9.17, 15) is 18.0 Å². The summed E-state index contributed by atoms with van der Waals surface area (Å²) in [5.41, 5.74) is 0. The number of halogens is 4. The van der Waals surface area contributed by atoms with Crippen molar-refractivity contribution < 1.29 is 18.0 Å². The van der Waals surface area contributed by atoms with Gasteiger partial charge in [0, 0.05) is 33.2 Å². The molecule has 1 fully saturated rings. The number of hydrogen-bond donors (Lipinski definition) is 2. The lowest BCUT2D eigenvalue weighted by Crippen LogP contribution is -2.48. The SMILES string of the molecule is CCC1CCCCN1CCNC(=NC)NCC(=O)N(C)CC(F)(F)F.I. The van der Waals surface area contributed by atoms with Gasteiger partial charge in [-0.05, 0) is 25.8 Å². The highest BCUT2D eigenvalue weighted by Gasteiger charge is 2.31. The summed E-state index contributed by atoms with van der Waals surface area (Å²) in [6, 6.07) is 0.614. The summed E-state index contributed by atoms with van der Waals surface area (Å²) in [6.07, 6.45) is 0.452. The van der Waals surface area contributed by atoms with Crippen molar-refractivity contribution in [3.05, 3.63) is 0 Å². The van der Waals surface area contributed by atoms with E-state index < -0.39 is 18.6 Å². The number of hydrogen-bond acceptors (Lipinski definition) is 3. The highest BCUT2D eigenvalue weighted by molar-refractivity contribution is 14.0. The molecule has 10 heteroatoms. The third kappa shape index (κ3) is 9.79. The second-order valence-electron chi connectivity index (χ2n) is 6.31. The van der Waals surface area contributed by atoms with E-state index in [1.165, 1.54) is 19.3 Å². The lowest BCUT2D eigenvalue weighted by molar-refractivity contribution is -0.157. The minimum atomic E-state index is -4.39. The van der Waals surface area contributed by atoms with E-state index in [4.69, 9.17) is 0 Å². The summed E-state index contributed by atoms with van der Waals surface area (Å²) in [6.45, 7) is 3.34. The summed E-state index contributed by atoms with van der Waals surface area (Å²) >= 11 is 0. The topological polar surface area (TPSA) is 60.0 Å². The summed E-state index contributed by atoms with van der Waals surface area (Å²) in [5.74, 6) is -0.221. The molecule has 1 amide bonds. The molecule has 1 rings (SSSR count). The highest BCUT2D eigenvalue weighted by Crippen LogP contribution is 2.18. The first kappa shape index (κ1) is 25.2. The molecule has 0 radical (unpaired) electrons. The van der Waals surface area contributed by atoms with Crippen molar-refractivity contribution in [2.24, 2.45) is 4.99 Å². The first-order valence-corrected chi connectivity index (χ1v) is 8.76. The molecular formula is C16H31F3IN5O. The molecule has 0 aliphatic carbocycles. The van der Waals surface area contributed by atoms with Crippen LogP contribution in [0.5, 0.6) is 0 Å². The van der Waals surface area contributed by atoms with Gasteiger partial charge < -0.3 is 15.5 Å². The Kier molecular flexibility index (Phi) is 12.2. The number of guanidine groups is 1. The molecule has 154 valence electrons. The van der Waals surface area contributed by atoms with Crippen LogP contribution >= 0.6 is 24.0 Å². The smallest absolute Gasteiger partial charge is 0.355 e. The second kappa shape index (κ2) is 12.6. The number of nitrogens with zero attached hydrogens (tertiary/aromatic N) is 3. The van der Waals surface area contributed by atoms with Crippen LogP contribution in [0.25, 0.3) is 0 Å². The van der Waals surface area contributed by atoms with Gasteiger partial charge in [-0.25, -0.2) is 0 Å². The van der Waals surface area contributed by atoms with Gasteiger partial charge in [0.2, 0.25) is 5.91 Å². The Morgan fingerprint density at radius 3 is 2.58 bits per heavy atom. The molecule has 2 N–H and O–H groups in total. The van der Waals surface area contributed by atoms with E-state index in [1.54, 1.807) is 7.05 Å². The molecule has 0 aromatic rings. The predicted molar refractivity (Wildman–Crippen MR) is 108 cm³/mol. The number of likely N-dealkylation sites (tertiary alicyclic amines) is 1. The Morgan fingerprint density at radius 1 is 1.31 bits per heavy atom. The quantitative estimate of drug-likeness (QED) is 0.324.